The lowest BCUT2D eigenvalue weighted by Gasteiger charge is -2.13. The van der Waals surface area contributed by atoms with Crippen LogP contribution in [0, 0.1) is 5.82 Å². The van der Waals surface area contributed by atoms with Gasteiger partial charge in [-0.25, -0.2) is 9.07 Å². The molecule has 90 valence electrons. The predicted octanol–water partition coefficient (Wildman–Crippen LogP) is 1.72. The van der Waals surface area contributed by atoms with E-state index in [9.17, 15) is 9.50 Å². The van der Waals surface area contributed by atoms with Crippen LogP contribution in [0.3, 0.4) is 0 Å². The summed E-state index contributed by atoms with van der Waals surface area (Å²) in [4.78, 5) is 0. The molecule has 0 aliphatic rings. The highest BCUT2D eigenvalue weighted by atomic mass is 19.1. The molecule has 0 saturated heterocycles. The monoisotopic (exact) mass is 235 g/mol. The van der Waals surface area contributed by atoms with Crippen molar-refractivity contribution in [2.75, 3.05) is 0 Å². The molecule has 1 aromatic carbocycles. The molecule has 1 N–H and O–H groups in total. The summed E-state index contributed by atoms with van der Waals surface area (Å²) in [5, 5.41) is 17.4. The van der Waals surface area contributed by atoms with Crippen LogP contribution >= 0.6 is 0 Å². The van der Waals surface area contributed by atoms with Gasteiger partial charge in [0.15, 0.2) is 0 Å². The highest BCUT2D eigenvalue weighted by molar-refractivity contribution is 5.32. The van der Waals surface area contributed by atoms with E-state index in [1.165, 1.54) is 10.7 Å². The third-order valence-corrected chi connectivity index (χ3v) is 2.25. The van der Waals surface area contributed by atoms with Crippen LogP contribution in [0.1, 0.15) is 19.5 Å². The van der Waals surface area contributed by atoms with Gasteiger partial charge in [-0.2, -0.15) is 0 Å². The highest BCUT2D eigenvalue weighted by Gasteiger charge is 2.16. The second-order valence-corrected chi connectivity index (χ2v) is 4.60. The number of halogens is 1. The smallest absolute Gasteiger partial charge is 0.148 e. The Morgan fingerprint density at radius 2 is 2.06 bits per heavy atom. The van der Waals surface area contributed by atoms with Gasteiger partial charge < -0.3 is 5.11 Å². The molecule has 2 aromatic rings. The van der Waals surface area contributed by atoms with Crippen molar-refractivity contribution in [3.63, 3.8) is 0 Å². The number of nitrogens with zero attached hydrogens (tertiary/aromatic N) is 3. The van der Waals surface area contributed by atoms with Crippen LogP contribution in [0.2, 0.25) is 0 Å². The van der Waals surface area contributed by atoms with Gasteiger partial charge in [0, 0.05) is 6.42 Å². The lowest BCUT2D eigenvalue weighted by molar-refractivity contribution is 0.0799. The first kappa shape index (κ1) is 11.7. The van der Waals surface area contributed by atoms with E-state index in [0.29, 0.717) is 17.8 Å². The molecule has 0 amide bonds. The van der Waals surface area contributed by atoms with Gasteiger partial charge in [0.05, 0.1) is 17.5 Å². The van der Waals surface area contributed by atoms with Crippen LogP contribution < -0.4 is 0 Å². The first-order valence-corrected chi connectivity index (χ1v) is 5.34. The van der Waals surface area contributed by atoms with E-state index in [1.54, 1.807) is 38.2 Å². The van der Waals surface area contributed by atoms with Crippen LogP contribution in [0.4, 0.5) is 4.39 Å². The number of benzene rings is 1. The maximum atomic E-state index is 13.5. The Labute approximate surface area is 98.7 Å². The van der Waals surface area contributed by atoms with E-state index >= 15 is 0 Å². The summed E-state index contributed by atoms with van der Waals surface area (Å²) in [6, 6.07) is 6.34. The Kier molecular flexibility index (Phi) is 2.93. The van der Waals surface area contributed by atoms with E-state index in [0.717, 1.165) is 0 Å². The zero-order valence-electron chi connectivity index (χ0n) is 9.76. The Morgan fingerprint density at radius 1 is 1.35 bits per heavy atom. The molecule has 0 fully saturated rings. The molecule has 17 heavy (non-hydrogen) atoms. The van der Waals surface area contributed by atoms with Crippen molar-refractivity contribution in [1.29, 1.82) is 0 Å². The van der Waals surface area contributed by atoms with Gasteiger partial charge in [0.25, 0.3) is 0 Å². The normalized spacial score (nSPS) is 11.8. The van der Waals surface area contributed by atoms with Gasteiger partial charge in [0.1, 0.15) is 11.5 Å². The highest BCUT2D eigenvalue weighted by Crippen LogP contribution is 2.14. The zero-order chi connectivity index (χ0) is 12.5. The topological polar surface area (TPSA) is 50.9 Å². The van der Waals surface area contributed by atoms with Crippen molar-refractivity contribution in [2.45, 2.75) is 25.9 Å². The fourth-order valence-corrected chi connectivity index (χ4v) is 1.58. The molecule has 0 saturated carbocycles. The van der Waals surface area contributed by atoms with Gasteiger partial charge in [0.2, 0.25) is 0 Å². The predicted molar refractivity (Wildman–Crippen MR) is 61.3 cm³/mol. The van der Waals surface area contributed by atoms with Crippen molar-refractivity contribution in [3.8, 4) is 5.69 Å². The van der Waals surface area contributed by atoms with Crippen molar-refractivity contribution < 1.29 is 9.50 Å². The van der Waals surface area contributed by atoms with E-state index in [4.69, 9.17) is 0 Å². The number of rotatable bonds is 3. The third-order valence-electron chi connectivity index (χ3n) is 2.25. The minimum atomic E-state index is -0.851. The van der Waals surface area contributed by atoms with Gasteiger partial charge >= 0.3 is 0 Å². The summed E-state index contributed by atoms with van der Waals surface area (Å²) in [6.45, 7) is 3.38. The van der Waals surface area contributed by atoms with Crippen molar-refractivity contribution in [3.05, 3.63) is 42.0 Å². The molecule has 0 atom stereocenters. The van der Waals surface area contributed by atoms with Gasteiger partial charge in [-0.3, -0.25) is 0 Å². The molecule has 0 radical (unpaired) electrons. The Balaban J connectivity index is 2.28. The Hall–Kier alpha value is -1.75. The molecule has 5 heteroatoms. The fraction of sp³-hybridized carbons (Fsp3) is 0.333. The van der Waals surface area contributed by atoms with Crippen LogP contribution in [-0.4, -0.2) is 25.7 Å². The molecule has 0 aliphatic heterocycles. The maximum absolute atomic E-state index is 13.5. The average Bonchev–Trinajstić information content (AvgIpc) is 2.64. The van der Waals surface area contributed by atoms with E-state index < -0.39 is 5.60 Å². The number of aliphatic hydroxyl groups is 1. The molecule has 1 heterocycles. The number of aromatic nitrogens is 3. The fourth-order valence-electron chi connectivity index (χ4n) is 1.58. The minimum absolute atomic E-state index is 0.349. The van der Waals surface area contributed by atoms with E-state index in [1.807, 2.05) is 0 Å². The van der Waals surface area contributed by atoms with E-state index in [2.05, 4.69) is 10.3 Å². The number of para-hydroxylation sites is 1. The quantitative estimate of drug-likeness (QED) is 0.881. The molecular weight excluding hydrogens is 221 g/mol. The Bertz CT molecular complexity index is 516. The summed E-state index contributed by atoms with van der Waals surface area (Å²) in [5.74, 6) is -0.354. The first-order valence-electron chi connectivity index (χ1n) is 5.34. The zero-order valence-corrected chi connectivity index (χ0v) is 9.76. The van der Waals surface area contributed by atoms with Gasteiger partial charge in [-0.05, 0) is 26.0 Å². The number of hydrogen-bond donors (Lipinski definition) is 1. The molecule has 0 aliphatic carbocycles. The molecule has 0 bridgehead atoms. The average molecular weight is 235 g/mol. The summed E-state index contributed by atoms with van der Waals surface area (Å²) < 4.78 is 14.9. The lowest BCUT2D eigenvalue weighted by Crippen LogP contribution is -2.22. The second kappa shape index (κ2) is 4.25. The summed E-state index contributed by atoms with van der Waals surface area (Å²) in [7, 11) is 0. The summed E-state index contributed by atoms with van der Waals surface area (Å²) in [6.07, 6.45) is 2.00. The molecule has 1 aromatic heterocycles. The number of hydrogen-bond acceptors (Lipinski definition) is 3. The third kappa shape index (κ3) is 2.88. The minimum Gasteiger partial charge on any atom is -0.390 e. The van der Waals surface area contributed by atoms with Crippen LogP contribution in [0.25, 0.3) is 5.69 Å². The Morgan fingerprint density at radius 3 is 2.71 bits per heavy atom. The van der Waals surface area contributed by atoms with E-state index in [-0.39, 0.29) is 5.82 Å². The lowest BCUT2D eigenvalue weighted by atomic mass is 10.0. The molecule has 0 unspecified atom stereocenters. The van der Waals surface area contributed by atoms with Crippen molar-refractivity contribution >= 4 is 0 Å². The first-order chi connectivity index (χ1) is 7.96. The van der Waals surface area contributed by atoms with Crippen LogP contribution in [0.15, 0.2) is 30.5 Å². The molecular formula is C12H14FN3O. The van der Waals surface area contributed by atoms with Gasteiger partial charge in [-0.1, -0.05) is 17.3 Å². The second-order valence-electron chi connectivity index (χ2n) is 4.60. The molecule has 0 spiro atoms. The van der Waals surface area contributed by atoms with Crippen molar-refractivity contribution in [2.24, 2.45) is 0 Å². The standard InChI is InChI=1S/C12H14FN3O/c1-12(2,17)7-9-8-16(15-14-9)11-6-4-3-5-10(11)13/h3-6,8,17H,7H2,1-2H3. The summed E-state index contributed by atoms with van der Waals surface area (Å²) >= 11 is 0. The molecule has 4 nitrogen and oxygen atoms in total. The largest absolute Gasteiger partial charge is 0.390 e. The van der Waals surface area contributed by atoms with Crippen molar-refractivity contribution in [1.82, 2.24) is 15.0 Å². The van der Waals surface area contributed by atoms with Gasteiger partial charge in [-0.15, -0.1) is 5.10 Å². The van der Waals surface area contributed by atoms with Crippen LogP contribution in [0.5, 0.6) is 0 Å². The molecule has 2 rings (SSSR count). The SMILES string of the molecule is CC(C)(O)Cc1cn(-c2ccccc2F)nn1. The summed E-state index contributed by atoms with van der Waals surface area (Å²) in [5.41, 5.74) is 0.124. The maximum Gasteiger partial charge on any atom is 0.148 e. The van der Waals surface area contributed by atoms with Crippen LogP contribution in [-0.2, 0) is 6.42 Å².